The highest BCUT2D eigenvalue weighted by Crippen LogP contribution is 2.21. The van der Waals surface area contributed by atoms with E-state index in [2.05, 4.69) is 46.5 Å². The normalized spacial score (nSPS) is 20.2. The molecule has 0 bridgehead atoms. The van der Waals surface area contributed by atoms with E-state index >= 15 is 0 Å². The van der Waals surface area contributed by atoms with Crippen molar-refractivity contribution in [3.05, 3.63) is 29.6 Å². The molecule has 1 aliphatic heterocycles. The Bertz CT molecular complexity index is 625. The molecule has 1 aromatic heterocycles. The highest BCUT2D eigenvalue weighted by Gasteiger charge is 2.21. The van der Waals surface area contributed by atoms with E-state index in [1.165, 1.54) is 5.56 Å². The van der Waals surface area contributed by atoms with E-state index in [0.717, 1.165) is 49.6 Å². The van der Waals surface area contributed by atoms with Crippen LogP contribution < -0.4 is 0 Å². The zero-order valence-corrected chi connectivity index (χ0v) is 13.4. The maximum Gasteiger partial charge on any atom is 0.124 e. The first-order chi connectivity index (χ1) is 10.2. The van der Waals surface area contributed by atoms with E-state index in [4.69, 9.17) is 16.3 Å². The molecule has 2 aromatic rings. The average molecular weight is 308 g/mol. The van der Waals surface area contributed by atoms with Crippen LogP contribution in [0.3, 0.4) is 0 Å². The Morgan fingerprint density at radius 3 is 3.05 bits per heavy atom. The van der Waals surface area contributed by atoms with Gasteiger partial charge >= 0.3 is 0 Å². The summed E-state index contributed by atoms with van der Waals surface area (Å²) >= 11 is 6.08. The fourth-order valence-electron chi connectivity index (χ4n) is 2.97. The van der Waals surface area contributed by atoms with Gasteiger partial charge in [-0.25, -0.2) is 4.98 Å². The lowest BCUT2D eigenvalue weighted by Gasteiger charge is -2.32. The SMILES string of the molecule is CCN1CCOC(Cn2c(CCl)nc3ccc(C)cc32)C1. The number of hydrogen-bond donors (Lipinski definition) is 0. The third-order valence-corrected chi connectivity index (χ3v) is 4.40. The molecule has 0 spiro atoms. The molecule has 1 aliphatic rings. The van der Waals surface area contributed by atoms with Crippen molar-refractivity contribution >= 4 is 22.6 Å². The summed E-state index contributed by atoms with van der Waals surface area (Å²) in [5.41, 5.74) is 3.41. The summed E-state index contributed by atoms with van der Waals surface area (Å²) in [5, 5.41) is 0. The largest absolute Gasteiger partial charge is 0.374 e. The van der Waals surface area contributed by atoms with Crippen molar-refractivity contribution in [1.82, 2.24) is 14.5 Å². The molecular formula is C16H22ClN3O. The van der Waals surface area contributed by atoms with Crippen molar-refractivity contribution in [2.45, 2.75) is 32.4 Å². The van der Waals surface area contributed by atoms with E-state index in [1.54, 1.807) is 0 Å². The van der Waals surface area contributed by atoms with Gasteiger partial charge in [0.15, 0.2) is 0 Å². The van der Waals surface area contributed by atoms with Gasteiger partial charge in [-0.05, 0) is 31.2 Å². The van der Waals surface area contributed by atoms with Crippen LogP contribution in [0.4, 0.5) is 0 Å². The van der Waals surface area contributed by atoms with Gasteiger partial charge in [0, 0.05) is 13.1 Å². The van der Waals surface area contributed by atoms with Crippen LogP contribution in [0.5, 0.6) is 0 Å². The van der Waals surface area contributed by atoms with E-state index in [9.17, 15) is 0 Å². The Morgan fingerprint density at radius 1 is 1.43 bits per heavy atom. The Kier molecular flexibility index (Phi) is 4.48. The van der Waals surface area contributed by atoms with Gasteiger partial charge < -0.3 is 9.30 Å². The number of morpholine rings is 1. The fourth-order valence-corrected chi connectivity index (χ4v) is 3.17. The van der Waals surface area contributed by atoms with Gasteiger partial charge in [0.25, 0.3) is 0 Å². The van der Waals surface area contributed by atoms with Crippen molar-refractivity contribution in [2.75, 3.05) is 26.2 Å². The van der Waals surface area contributed by atoms with Gasteiger partial charge in [0.2, 0.25) is 0 Å². The number of halogens is 1. The standard InChI is InChI=1S/C16H22ClN3O/c1-3-19-6-7-21-13(10-19)11-20-15-8-12(2)4-5-14(15)18-16(20)9-17/h4-5,8,13H,3,6-7,9-11H2,1-2H3. The van der Waals surface area contributed by atoms with Gasteiger partial charge in [-0.1, -0.05) is 13.0 Å². The number of benzene rings is 1. The molecule has 0 N–H and O–H groups in total. The van der Waals surface area contributed by atoms with Crippen LogP contribution in [0.2, 0.25) is 0 Å². The maximum atomic E-state index is 6.08. The third-order valence-electron chi connectivity index (χ3n) is 4.16. The lowest BCUT2D eigenvalue weighted by atomic mass is 10.2. The van der Waals surface area contributed by atoms with Gasteiger partial charge in [-0.15, -0.1) is 11.6 Å². The quantitative estimate of drug-likeness (QED) is 0.814. The third kappa shape index (κ3) is 3.07. The number of aryl methyl sites for hydroxylation is 1. The van der Waals surface area contributed by atoms with Crippen LogP contribution in [-0.4, -0.2) is 46.8 Å². The lowest BCUT2D eigenvalue weighted by molar-refractivity contribution is -0.0340. The second kappa shape index (κ2) is 6.34. The highest BCUT2D eigenvalue weighted by atomic mass is 35.5. The van der Waals surface area contributed by atoms with Crippen molar-refractivity contribution in [3.8, 4) is 0 Å². The molecule has 3 rings (SSSR count). The Balaban J connectivity index is 1.90. The number of ether oxygens (including phenoxy) is 1. The molecule has 1 atom stereocenters. The zero-order chi connectivity index (χ0) is 14.8. The van der Waals surface area contributed by atoms with Gasteiger partial charge in [-0.3, -0.25) is 4.90 Å². The molecular weight excluding hydrogens is 286 g/mol. The first kappa shape index (κ1) is 14.8. The van der Waals surface area contributed by atoms with E-state index < -0.39 is 0 Å². The van der Waals surface area contributed by atoms with Crippen LogP contribution in [0.1, 0.15) is 18.3 Å². The van der Waals surface area contributed by atoms with Crippen LogP contribution in [-0.2, 0) is 17.2 Å². The van der Waals surface area contributed by atoms with Gasteiger partial charge in [-0.2, -0.15) is 0 Å². The highest BCUT2D eigenvalue weighted by molar-refractivity contribution is 6.16. The van der Waals surface area contributed by atoms with Crippen molar-refractivity contribution in [1.29, 1.82) is 0 Å². The molecule has 1 fully saturated rings. The predicted molar refractivity (Wildman–Crippen MR) is 85.9 cm³/mol. The minimum atomic E-state index is 0.207. The number of alkyl halides is 1. The van der Waals surface area contributed by atoms with Crippen LogP contribution in [0.25, 0.3) is 11.0 Å². The summed E-state index contributed by atoms with van der Waals surface area (Å²) in [6, 6.07) is 6.34. The van der Waals surface area contributed by atoms with Crippen LogP contribution >= 0.6 is 11.6 Å². The molecule has 114 valence electrons. The molecule has 0 amide bonds. The second-order valence-corrected chi connectivity index (χ2v) is 5.92. The zero-order valence-electron chi connectivity index (χ0n) is 12.7. The summed E-state index contributed by atoms with van der Waals surface area (Å²) in [4.78, 5) is 7.07. The maximum absolute atomic E-state index is 6.08. The number of nitrogens with zero attached hydrogens (tertiary/aromatic N) is 3. The molecule has 4 nitrogen and oxygen atoms in total. The number of aromatic nitrogens is 2. The number of imidazole rings is 1. The predicted octanol–water partition coefficient (Wildman–Crippen LogP) is 2.80. The molecule has 5 heteroatoms. The summed E-state index contributed by atoms with van der Waals surface area (Å²) in [6.45, 7) is 9.00. The van der Waals surface area contributed by atoms with Crippen molar-refractivity contribution in [3.63, 3.8) is 0 Å². The smallest absolute Gasteiger partial charge is 0.124 e. The summed E-state index contributed by atoms with van der Waals surface area (Å²) in [7, 11) is 0. The molecule has 2 heterocycles. The van der Waals surface area contributed by atoms with E-state index in [1.807, 2.05) is 0 Å². The van der Waals surface area contributed by atoms with Crippen molar-refractivity contribution < 1.29 is 4.74 Å². The molecule has 0 saturated carbocycles. The van der Waals surface area contributed by atoms with E-state index in [0.29, 0.717) is 5.88 Å². The number of hydrogen-bond acceptors (Lipinski definition) is 3. The minimum absolute atomic E-state index is 0.207. The minimum Gasteiger partial charge on any atom is -0.374 e. The number of likely N-dealkylation sites (N-methyl/N-ethyl adjacent to an activating group) is 1. The lowest BCUT2D eigenvalue weighted by Crippen LogP contribution is -2.44. The van der Waals surface area contributed by atoms with Crippen LogP contribution in [0, 0.1) is 6.92 Å². The van der Waals surface area contributed by atoms with E-state index in [-0.39, 0.29) is 6.10 Å². The molecule has 0 radical (unpaired) electrons. The molecule has 1 unspecified atom stereocenters. The summed E-state index contributed by atoms with van der Waals surface area (Å²) < 4.78 is 8.15. The van der Waals surface area contributed by atoms with Gasteiger partial charge in [0.1, 0.15) is 5.82 Å². The Hall–Kier alpha value is -1.10. The molecule has 21 heavy (non-hydrogen) atoms. The average Bonchev–Trinajstić information content (AvgIpc) is 2.85. The van der Waals surface area contributed by atoms with Crippen LogP contribution in [0.15, 0.2) is 18.2 Å². The summed E-state index contributed by atoms with van der Waals surface area (Å²) in [5.74, 6) is 1.35. The monoisotopic (exact) mass is 307 g/mol. The molecule has 0 aliphatic carbocycles. The summed E-state index contributed by atoms with van der Waals surface area (Å²) in [6.07, 6.45) is 0.207. The fraction of sp³-hybridized carbons (Fsp3) is 0.562. The number of fused-ring (bicyclic) bond motifs is 1. The topological polar surface area (TPSA) is 30.3 Å². The molecule has 1 saturated heterocycles. The number of rotatable bonds is 4. The van der Waals surface area contributed by atoms with Gasteiger partial charge in [0.05, 0.1) is 36.2 Å². The second-order valence-electron chi connectivity index (χ2n) is 5.65. The first-order valence-electron chi connectivity index (χ1n) is 7.57. The Labute approximate surface area is 130 Å². The first-order valence-corrected chi connectivity index (χ1v) is 8.10. The molecule has 1 aromatic carbocycles. The van der Waals surface area contributed by atoms with Crippen molar-refractivity contribution in [2.24, 2.45) is 0 Å². The Morgan fingerprint density at radius 2 is 2.29 bits per heavy atom.